The number of H-pyrrole nitrogens is 1. The third-order valence-electron chi connectivity index (χ3n) is 4.56. The third-order valence-corrected chi connectivity index (χ3v) is 5.56. The second-order valence-corrected chi connectivity index (χ2v) is 7.84. The average molecular weight is 449 g/mol. The molecule has 0 aliphatic carbocycles. The number of benzene rings is 3. The Labute approximate surface area is 188 Å². The third kappa shape index (κ3) is 5.01. The van der Waals surface area contributed by atoms with Gasteiger partial charge in [0.25, 0.3) is 5.91 Å². The van der Waals surface area contributed by atoms with E-state index in [-0.39, 0.29) is 5.91 Å². The molecule has 0 aliphatic rings. The lowest BCUT2D eigenvalue weighted by Crippen LogP contribution is -2.11. The summed E-state index contributed by atoms with van der Waals surface area (Å²) in [7, 11) is 2.88. The van der Waals surface area contributed by atoms with Crippen LogP contribution in [0.1, 0.15) is 10.4 Å². The maximum atomic E-state index is 12.4. The van der Waals surface area contributed by atoms with Gasteiger partial charge in [0.15, 0.2) is 0 Å². The number of rotatable bonds is 6. The van der Waals surface area contributed by atoms with Gasteiger partial charge >= 0.3 is 6.09 Å². The fourth-order valence-corrected chi connectivity index (χ4v) is 3.80. The molecule has 0 unspecified atom stereocenters. The molecule has 2 amide bonds. The SMILES string of the molecule is COC(=O)Nc1nc2ccc(Sc3ccc(NC(=O)c4ccc(OC)cc4)cc3)cc2[nH]1. The van der Waals surface area contributed by atoms with Gasteiger partial charge < -0.3 is 19.8 Å². The standard InChI is InChI=1S/C23H20N4O4S/c1-30-16-7-3-14(4-8-16)21(28)24-15-5-9-17(10-6-15)32-18-11-12-19-20(13-18)26-22(25-19)27-23(29)31-2/h3-13H,1-2H3,(H,24,28)(H2,25,26,27,29). The highest BCUT2D eigenvalue weighted by Gasteiger charge is 2.09. The van der Waals surface area contributed by atoms with Crippen molar-refractivity contribution in [1.29, 1.82) is 0 Å². The number of carbonyl (C=O) groups is 2. The number of aromatic amines is 1. The first kappa shape index (κ1) is 21.3. The van der Waals surface area contributed by atoms with Crippen LogP contribution in [0.25, 0.3) is 11.0 Å². The zero-order chi connectivity index (χ0) is 22.5. The van der Waals surface area contributed by atoms with Crippen molar-refractivity contribution in [3.8, 4) is 5.75 Å². The zero-order valence-electron chi connectivity index (χ0n) is 17.3. The van der Waals surface area contributed by atoms with Crippen LogP contribution < -0.4 is 15.4 Å². The van der Waals surface area contributed by atoms with Crippen LogP contribution in [-0.4, -0.2) is 36.2 Å². The molecule has 0 bridgehead atoms. The predicted octanol–water partition coefficient (Wildman–Crippen LogP) is 5.15. The zero-order valence-corrected chi connectivity index (χ0v) is 18.2. The molecule has 3 N–H and O–H groups in total. The fraction of sp³-hybridized carbons (Fsp3) is 0.0870. The normalized spacial score (nSPS) is 10.6. The number of ether oxygens (including phenoxy) is 2. The summed E-state index contributed by atoms with van der Waals surface area (Å²) in [6.45, 7) is 0. The van der Waals surface area contributed by atoms with E-state index in [4.69, 9.17) is 4.74 Å². The molecular weight excluding hydrogens is 428 g/mol. The molecule has 162 valence electrons. The lowest BCUT2D eigenvalue weighted by molar-refractivity contribution is 0.102. The van der Waals surface area contributed by atoms with Crippen LogP contribution >= 0.6 is 11.8 Å². The number of hydrogen-bond acceptors (Lipinski definition) is 6. The molecule has 4 aromatic rings. The molecule has 0 spiro atoms. The van der Waals surface area contributed by atoms with E-state index in [1.54, 1.807) is 43.1 Å². The van der Waals surface area contributed by atoms with E-state index in [2.05, 4.69) is 25.3 Å². The van der Waals surface area contributed by atoms with E-state index in [0.717, 1.165) is 20.8 Å². The number of nitrogens with one attached hydrogen (secondary N) is 3. The van der Waals surface area contributed by atoms with Crippen LogP contribution in [0.15, 0.2) is 76.5 Å². The molecule has 1 aromatic heterocycles. The van der Waals surface area contributed by atoms with Crippen LogP contribution in [0.2, 0.25) is 0 Å². The van der Waals surface area contributed by atoms with Crippen LogP contribution in [-0.2, 0) is 4.74 Å². The lowest BCUT2D eigenvalue weighted by atomic mass is 10.2. The maximum Gasteiger partial charge on any atom is 0.413 e. The van der Waals surface area contributed by atoms with Crippen molar-refractivity contribution < 1.29 is 19.1 Å². The van der Waals surface area contributed by atoms with Crippen molar-refractivity contribution in [3.63, 3.8) is 0 Å². The van der Waals surface area contributed by atoms with Gasteiger partial charge in [0.2, 0.25) is 5.95 Å². The molecule has 1 heterocycles. The minimum Gasteiger partial charge on any atom is -0.497 e. The Kier molecular flexibility index (Phi) is 6.27. The van der Waals surface area contributed by atoms with Gasteiger partial charge in [-0.25, -0.2) is 9.78 Å². The highest BCUT2D eigenvalue weighted by Crippen LogP contribution is 2.31. The van der Waals surface area contributed by atoms with Crippen molar-refractivity contribution in [2.24, 2.45) is 0 Å². The summed E-state index contributed by atoms with van der Waals surface area (Å²) in [5, 5.41) is 5.40. The minimum atomic E-state index is -0.585. The summed E-state index contributed by atoms with van der Waals surface area (Å²) in [6.07, 6.45) is -0.585. The van der Waals surface area contributed by atoms with Gasteiger partial charge in [-0.1, -0.05) is 11.8 Å². The number of nitrogens with zero attached hydrogens (tertiary/aromatic N) is 1. The van der Waals surface area contributed by atoms with E-state index in [9.17, 15) is 9.59 Å². The van der Waals surface area contributed by atoms with Crippen LogP contribution in [0, 0.1) is 0 Å². The number of fused-ring (bicyclic) bond motifs is 1. The van der Waals surface area contributed by atoms with Crippen molar-refractivity contribution in [1.82, 2.24) is 9.97 Å². The average Bonchev–Trinajstić information content (AvgIpc) is 3.21. The van der Waals surface area contributed by atoms with E-state index < -0.39 is 6.09 Å². The Morgan fingerprint density at radius 3 is 2.31 bits per heavy atom. The molecule has 8 nitrogen and oxygen atoms in total. The molecule has 0 saturated heterocycles. The van der Waals surface area contributed by atoms with Gasteiger partial charge in [0, 0.05) is 21.0 Å². The van der Waals surface area contributed by atoms with Gasteiger partial charge in [-0.2, -0.15) is 0 Å². The van der Waals surface area contributed by atoms with Crippen molar-refractivity contribution in [2.75, 3.05) is 24.9 Å². The first-order chi connectivity index (χ1) is 15.5. The Balaban J connectivity index is 1.41. The first-order valence-corrected chi connectivity index (χ1v) is 10.4. The molecule has 0 atom stereocenters. The summed E-state index contributed by atoms with van der Waals surface area (Å²) >= 11 is 1.57. The number of aromatic nitrogens is 2. The summed E-state index contributed by atoms with van der Waals surface area (Å²) < 4.78 is 9.69. The van der Waals surface area contributed by atoms with Crippen LogP contribution in [0.4, 0.5) is 16.4 Å². The summed E-state index contributed by atoms with van der Waals surface area (Å²) in [5.41, 5.74) is 2.79. The Morgan fingerprint density at radius 1 is 0.906 bits per heavy atom. The number of anilines is 2. The quantitative estimate of drug-likeness (QED) is 0.377. The lowest BCUT2D eigenvalue weighted by Gasteiger charge is -2.07. The number of amides is 2. The molecule has 32 heavy (non-hydrogen) atoms. The maximum absolute atomic E-state index is 12.4. The Hall–Kier alpha value is -3.98. The summed E-state index contributed by atoms with van der Waals surface area (Å²) in [5.74, 6) is 0.840. The highest BCUT2D eigenvalue weighted by atomic mass is 32.2. The highest BCUT2D eigenvalue weighted by molar-refractivity contribution is 7.99. The molecule has 3 aromatic carbocycles. The van der Waals surface area contributed by atoms with Crippen LogP contribution in [0.3, 0.4) is 0 Å². The van der Waals surface area contributed by atoms with Crippen molar-refractivity contribution in [2.45, 2.75) is 9.79 Å². The molecule has 4 rings (SSSR count). The van der Waals surface area contributed by atoms with Gasteiger partial charge in [-0.05, 0) is 66.7 Å². The van der Waals surface area contributed by atoms with Gasteiger partial charge in [-0.15, -0.1) is 0 Å². The number of carbonyl (C=O) groups excluding carboxylic acids is 2. The number of imidazole rings is 1. The summed E-state index contributed by atoms with van der Waals surface area (Å²) in [4.78, 5) is 33.1. The number of methoxy groups -OCH3 is 2. The van der Waals surface area contributed by atoms with E-state index >= 15 is 0 Å². The molecule has 0 fully saturated rings. The molecule has 9 heteroatoms. The predicted molar refractivity (Wildman–Crippen MR) is 124 cm³/mol. The topological polar surface area (TPSA) is 105 Å². The van der Waals surface area contributed by atoms with Gasteiger partial charge in [-0.3, -0.25) is 10.1 Å². The Bertz CT molecular complexity index is 1250. The van der Waals surface area contributed by atoms with Crippen molar-refractivity contribution >= 4 is 46.4 Å². The summed E-state index contributed by atoms with van der Waals surface area (Å²) in [6, 6.07) is 20.3. The minimum absolute atomic E-state index is 0.186. The first-order valence-electron chi connectivity index (χ1n) is 9.62. The molecule has 0 saturated carbocycles. The second kappa shape index (κ2) is 9.44. The van der Waals surface area contributed by atoms with Gasteiger partial charge in [0.05, 0.1) is 25.3 Å². The van der Waals surface area contributed by atoms with Crippen LogP contribution in [0.5, 0.6) is 5.75 Å². The Morgan fingerprint density at radius 2 is 1.62 bits per heavy atom. The van der Waals surface area contributed by atoms with E-state index in [1.807, 2.05) is 42.5 Å². The number of hydrogen-bond donors (Lipinski definition) is 3. The fourth-order valence-electron chi connectivity index (χ4n) is 2.95. The second-order valence-electron chi connectivity index (χ2n) is 6.69. The molecule has 0 aliphatic heterocycles. The smallest absolute Gasteiger partial charge is 0.413 e. The largest absolute Gasteiger partial charge is 0.497 e. The molecule has 0 radical (unpaired) electrons. The van der Waals surface area contributed by atoms with Crippen molar-refractivity contribution in [3.05, 3.63) is 72.3 Å². The van der Waals surface area contributed by atoms with E-state index in [0.29, 0.717) is 22.9 Å². The molecular formula is C23H20N4O4S. The van der Waals surface area contributed by atoms with Gasteiger partial charge in [0.1, 0.15) is 5.75 Å². The van der Waals surface area contributed by atoms with E-state index in [1.165, 1.54) is 7.11 Å². The monoisotopic (exact) mass is 448 g/mol.